The zero-order valence-electron chi connectivity index (χ0n) is 14.8. The lowest BCUT2D eigenvalue weighted by Gasteiger charge is -2.37. The van der Waals surface area contributed by atoms with Crippen molar-refractivity contribution in [3.05, 3.63) is 34.9 Å². The second-order valence-corrected chi connectivity index (χ2v) is 7.57. The molecule has 25 heavy (non-hydrogen) atoms. The Balaban J connectivity index is 0.00000225. The van der Waals surface area contributed by atoms with Gasteiger partial charge in [0.05, 0.1) is 0 Å². The summed E-state index contributed by atoms with van der Waals surface area (Å²) in [5, 5.41) is 7.26. The number of halogens is 2. The van der Waals surface area contributed by atoms with Crippen molar-refractivity contribution in [1.29, 1.82) is 0 Å². The van der Waals surface area contributed by atoms with Crippen molar-refractivity contribution in [2.24, 2.45) is 0 Å². The van der Waals surface area contributed by atoms with Gasteiger partial charge in [-0.05, 0) is 56.5 Å². The van der Waals surface area contributed by atoms with Gasteiger partial charge >= 0.3 is 0 Å². The monoisotopic (exact) mass is 386 g/mol. The first-order valence-electron chi connectivity index (χ1n) is 8.91. The minimum Gasteiger partial charge on any atom is -0.368 e. The van der Waals surface area contributed by atoms with Crippen LogP contribution in [0.5, 0.6) is 0 Å². The van der Waals surface area contributed by atoms with E-state index in [2.05, 4.69) is 22.8 Å². The average molecular weight is 387 g/mol. The van der Waals surface area contributed by atoms with Crippen LogP contribution in [0.2, 0.25) is 5.02 Å². The fourth-order valence-corrected chi connectivity index (χ4v) is 4.39. The van der Waals surface area contributed by atoms with Gasteiger partial charge in [-0.2, -0.15) is 0 Å². The summed E-state index contributed by atoms with van der Waals surface area (Å²) in [4.78, 5) is 12.9. The molecule has 0 radical (unpaired) electrons. The second kappa shape index (κ2) is 8.72. The second-order valence-electron chi connectivity index (χ2n) is 7.13. The zero-order chi connectivity index (χ0) is 17.0. The van der Waals surface area contributed by atoms with Gasteiger partial charge in [0.2, 0.25) is 0 Å². The van der Waals surface area contributed by atoms with Crippen molar-refractivity contribution < 1.29 is 9.53 Å². The van der Waals surface area contributed by atoms with Crippen LogP contribution in [0.15, 0.2) is 24.3 Å². The Kier molecular flexibility index (Phi) is 7.15. The number of hydrogen-bond donors (Lipinski definition) is 2. The first-order valence-corrected chi connectivity index (χ1v) is 9.28. The Morgan fingerprint density at radius 2 is 1.92 bits per heavy atom. The quantitative estimate of drug-likeness (QED) is 0.814. The third-order valence-electron chi connectivity index (χ3n) is 5.80. The van der Waals surface area contributed by atoms with Gasteiger partial charge in [0.1, 0.15) is 5.60 Å². The Labute approximate surface area is 161 Å². The lowest BCUT2D eigenvalue weighted by atomic mass is 9.78. The van der Waals surface area contributed by atoms with Crippen LogP contribution in [0.1, 0.15) is 44.1 Å². The van der Waals surface area contributed by atoms with Gasteiger partial charge in [-0.25, -0.2) is 0 Å². The van der Waals surface area contributed by atoms with Gasteiger partial charge in [-0.1, -0.05) is 36.6 Å². The molecule has 1 aliphatic carbocycles. The van der Waals surface area contributed by atoms with E-state index < -0.39 is 5.60 Å². The van der Waals surface area contributed by atoms with E-state index in [1.807, 2.05) is 12.1 Å². The Morgan fingerprint density at radius 3 is 2.52 bits per heavy atom. The maximum atomic E-state index is 12.9. The number of nitrogens with one attached hydrogen (secondary N) is 2. The maximum absolute atomic E-state index is 12.9. The highest BCUT2D eigenvalue weighted by atomic mass is 35.5. The molecule has 0 spiro atoms. The SMILES string of the molecule is COC1(C(=O)NCC2(c3cccc(Cl)c3)CCCC2)CCNCC1.Cl. The molecule has 140 valence electrons. The van der Waals surface area contributed by atoms with E-state index >= 15 is 0 Å². The molecule has 4 nitrogen and oxygen atoms in total. The van der Waals surface area contributed by atoms with E-state index in [9.17, 15) is 4.79 Å². The lowest BCUT2D eigenvalue weighted by Crippen LogP contribution is -2.55. The molecule has 2 N–H and O–H groups in total. The molecular weight excluding hydrogens is 359 g/mol. The largest absolute Gasteiger partial charge is 0.368 e. The van der Waals surface area contributed by atoms with E-state index in [1.165, 1.54) is 18.4 Å². The molecule has 1 saturated carbocycles. The normalized spacial score (nSPS) is 21.4. The minimum absolute atomic E-state index is 0. The fraction of sp³-hybridized carbons (Fsp3) is 0.632. The van der Waals surface area contributed by atoms with Crippen LogP contribution in [0.3, 0.4) is 0 Å². The summed E-state index contributed by atoms with van der Waals surface area (Å²) in [6.07, 6.45) is 6.02. The molecule has 1 aromatic carbocycles. The number of carbonyl (C=O) groups is 1. The van der Waals surface area contributed by atoms with Crippen LogP contribution in [-0.4, -0.2) is 38.3 Å². The standard InChI is InChI=1S/C19H27ClN2O2.ClH/c1-24-19(9-11-21-12-10-19)17(23)22-14-18(7-2-3-8-18)15-5-4-6-16(20)13-15;/h4-6,13,21H,2-3,7-12,14H2,1H3,(H,22,23);1H. The van der Waals surface area contributed by atoms with Crippen LogP contribution < -0.4 is 10.6 Å². The topological polar surface area (TPSA) is 50.4 Å². The number of hydrogen-bond acceptors (Lipinski definition) is 3. The molecule has 6 heteroatoms. The molecule has 0 atom stereocenters. The first kappa shape index (κ1) is 20.5. The highest BCUT2D eigenvalue weighted by molar-refractivity contribution is 6.30. The van der Waals surface area contributed by atoms with Crippen LogP contribution in [-0.2, 0) is 14.9 Å². The highest BCUT2D eigenvalue weighted by Gasteiger charge is 2.42. The van der Waals surface area contributed by atoms with Crippen LogP contribution >= 0.6 is 24.0 Å². The number of rotatable bonds is 5. The Hall–Kier alpha value is -0.810. The van der Waals surface area contributed by atoms with E-state index in [4.69, 9.17) is 16.3 Å². The number of piperidine rings is 1. The molecule has 2 fully saturated rings. The van der Waals surface area contributed by atoms with Crippen molar-refractivity contribution in [3.63, 3.8) is 0 Å². The Morgan fingerprint density at radius 1 is 1.24 bits per heavy atom. The lowest BCUT2D eigenvalue weighted by molar-refractivity contribution is -0.147. The van der Waals surface area contributed by atoms with Crippen LogP contribution in [0.25, 0.3) is 0 Å². The third-order valence-corrected chi connectivity index (χ3v) is 6.04. The summed E-state index contributed by atoms with van der Waals surface area (Å²) in [5.74, 6) is 0.0276. The molecule has 1 amide bonds. The molecule has 1 aromatic rings. The fourth-order valence-electron chi connectivity index (χ4n) is 4.20. The van der Waals surface area contributed by atoms with E-state index in [-0.39, 0.29) is 23.7 Å². The molecule has 3 rings (SSSR count). The maximum Gasteiger partial charge on any atom is 0.252 e. The van der Waals surface area contributed by atoms with E-state index in [0.717, 1.165) is 43.8 Å². The van der Waals surface area contributed by atoms with Crippen molar-refractivity contribution in [3.8, 4) is 0 Å². The predicted molar refractivity (Wildman–Crippen MR) is 104 cm³/mol. The summed E-state index contributed by atoms with van der Waals surface area (Å²) in [6.45, 7) is 2.30. The summed E-state index contributed by atoms with van der Waals surface area (Å²) in [7, 11) is 1.65. The minimum atomic E-state index is -0.681. The van der Waals surface area contributed by atoms with Gasteiger partial charge in [-0.15, -0.1) is 12.4 Å². The molecule has 1 heterocycles. The highest BCUT2D eigenvalue weighted by Crippen LogP contribution is 2.41. The molecule has 0 unspecified atom stereocenters. The van der Waals surface area contributed by atoms with Gasteiger partial charge < -0.3 is 15.4 Å². The van der Waals surface area contributed by atoms with E-state index in [0.29, 0.717) is 6.54 Å². The molecule has 1 aliphatic heterocycles. The summed E-state index contributed by atoms with van der Waals surface area (Å²) < 4.78 is 5.64. The zero-order valence-corrected chi connectivity index (χ0v) is 16.3. The van der Waals surface area contributed by atoms with Gasteiger partial charge in [0, 0.05) is 24.1 Å². The van der Waals surface area contributed by atoms with Gasteiger partial charge in [-0.3, -0.25) is 4.79 Å². The summed E-state index contributed by atoms with van der Waals surface area (Å²) >= 11 is 6.20. The van der Waals surface area contributed by atoms with Crippen LogP contribution in [0.4, 0.5) is 0 Å². The van der Waals surface area contributed by atoms with Gasteiger partial charge in [0.15, 0.2) is 0 Å². The van der Waals surface area contributed by atoms with Crippen LogP contribution in [0, 0.1) is 0 Å². The first-order chi connectivity index (χ1) is 11.6. The average Bonchev–Trinajstić information content (AvgIpc) is 3.10. The summed E-state index contributed by atoms with van der Waals surface area (Å²) in [5.41, 5.74) is 0.562. The van der Waals surface area contributed by atoms with Crippen molar-refractivity contribution in [1.82, 2.24) is 10.6 Å². The van der Waals surface area contributed by atoms with Gasteiger partial charge in [0.25, 0.3) is 5.91 Å². The van der Waals surface area contributed by atoms with Crippen molar-refractivity contribution >= 4 is 29.9 Å². The predicted octanol–water partition coefficient (Wildman–Crippen LogP) is 3.46. The third kappa shape index (κ3) is 4.30. The number of amides is 1. The van der Waals surface area contributed by atoms with Crippen molar-refractivity contribution in [2.45, 2.75) is 49.5 Å². The molecule has 1 saturated heterocycles. The number of benzene rings is 1. The number of carbonyl (C=O) groups excluding carboxylic acids is 1. The number of methoxy groups -OCH3 is 1. The smallest absolute Gasteiger partial charge is 0.252 e. The molecule has 0 bridgehead atoms. The number of ether oxygens (including phenoxy) is 1. The van der Waals surface area contributed by atoms with Crippen molar-refractivity contribution in [2.75, 3.05) is 26.7 Å². The Bertz CT molecular complexity index is 583. The summed E-state index contributed by atoms with van der Waals surface area (Å²) in [6, 6.07) is 8.10. The van der Waals surface area contributed by atoms with E-state index in [1.54, 1.807) is 7.11 Å². The molecule has 0 aromatic heterocycles. The molecular formula is C19H28Cl2N2O2. The molecule has 2 aliphatic rings.